The number of amides is 1. The number of piperidine rings is 1. The SMILES string of the molecule is O=C(c1ccccc1)N1CCC2(CC1)CC(Oc1ccccn1)CO2. The number of ether oxygens (including phenoxy) is 2. The second-order valence-corrected chi connectivity index (χ2v) is 6.76. The molecule has 1 unspecified atom stereocenters. The Bertz CT molecular complexity index is 712. The highest BCUT2D eigenvalue weighted by atomic mass is 16.6. The van der Waals surface area contributed by atoms with E-state index in [2.05, 4.69) is 4.98 Å². The Morgan fingerprint density at radius 3 is 2.60 bits per heavy atom. The Kier molecular flexibility index (Phi) is 4.40. The number of hydrogen-bond donors (Lipinski definition) is 0. The van der Waals surface area contributed by atoms with Crippen LogP contribution in [0.15, 0.2) is 54.7 Å². The third kappa shape index (κ3) is 3.51. The van der Waals surface area contributed by atoms with E-state index in [1.807, 2.05) is 53.4 Å². The third-order valence-corrected chi connectivity index (χ3v) is 5.08. The number of nitrogens with zero attached hydrogens (tertiary/aromatic N) is 2. The maximum atomic E-state index is 12.6. The molecule has 130 valence electrons. The standard InChI is InChI=1S/C20H22N2O3/c23-19(16-6-2-1-3-7-16)22-12-9-20(10-13-22)14-17(15-24-20)25-18-8-4-5-11-21-18/h1-8,11,17H,9-10,12-15H2. The Labute approximate surface area is 147 Å². The van der Waals surface area contributed by atoms with Gasteiger partial charge in [-0.1, -0.05) is 24.3 Å². The monoisotopic (exact) mass is 338 g/mol. The summed E-state index contributed by atoms with van der Waals surface area (Å²) in [6.45, 7) is 2.04. The van der Waals surface area contributed by atoms with Gasteiger partial charge >= 0.3 is 0 Å². The fourth-order valence-electron chi connectivity index (χ4n) is 3.69. The normalized spacial score (nSPS) is 22.1. The van der Waals surface area contributed by atoms with Crippen LogP contribution in [-0.4, -0.2) is 47.2 Å². The van der Waals surface area contributed by atoms with Crippen LogP contribution < -0.4 is 4.74 Å². The molecule has 1 amide bonds. The van der Waals surface area contributed by atoms with Crippen molar-refractivity contribution in [3.63, 3.8) is 0 Å². The molecule has 1 aromatic carbocycles. The topological polar surface area (TPSA) is 51.7 Å². The quantitative estimate of drug-likeness (QED) is 0.863. The van der Waals surface area contributed by atoms with Gasteiger partial charge in [-0.15, -0.1) is 0 Å². The molecule has 25 heavy (non-hydrogen) atoms. The summed E-state index contributed by atoms with van der Waals surface area (Å²) in [5.74, 6) is 0.750. The summed E-state index contributed by atoms with van der Waals surface area (Å²) in [6.07, 6.45) is 4.33. The van der Waals surface area contributed by atoms with Crippen molar-refractivity contribution in [2.75, 3.05) is 19.7 Å². The van der Waals surface area contributed by atoms with E-state index in [9.17, 15) is 4.79 Å². The summed E-state index contributed by atoms with van der Waals surface area (Å²) in [6, 6.07) is 15.1. The van der Waals surface area contributed by atoms with Gasteiger partial charge in [-0.3, -0.25) is 4.79 Å². The molecule has 4 rings (SSSR count). The average molecular weight is 338 g/mol. The summed E-state index contributed by atoms with van der Waals surface area (Å²) in [5.41, 5.74) is 0.592. The summed E-state index contributed by atoms with van der Waals surface area (Å²) in [5, 5.41) is 0. The van der Waals surface area contributed by atoms with Crippen molar-refractivity contribution in [2.24, 2.45) is 0 Å². The number of aromatic nitrogens is 1. The highest BCUT2D eigenvalue weighted by Gasteiger charge is 2.44. The van der Waals surface area contributed by atoms with Gasteiger partial charge in [0.2, 0.25) is 5.88 Å². The number of carbonyl (C=O) groups excluding carboxylic acids is 1. The molecule has 0 saturated carbocycles. The number of likely N-dealkylation sites (tertiary alicyclic amines) is 1. The molecule has 0 radical (unpaired) electrons. The maximum Gasteiger partial charge on any atom is 0.253 e. The predicted octanol–water partition coefficient (Wildman–Crippen LogP) is 2.92. The summed E-state index contributed by atoms with van der Waals surface area (Å²) in [4.78, 5) is 18.7. The van der Waals surface area contributed by atoms with Crippen molar-refractivity contribution >= 4 is 5.91 Å². The molecule has 2 aliphatic rings. The molecule has 1 atom stereocenters. The smallest absolute Gasteiger partial charge is 0.253 e. The molecule has 2 fully saturated rings. The molecule has 1 spiro atoms. The van der Waals surface area contributed by atoms with Crippen molar-refractivity contribution in [3.05, 3.63) is 60.3 Å². The lowest BCUT2D eigenvalue weighted by molar-refractivity contribution is -0.0396. The maximum absolute atomic E-state index is 12.6. The van der Waals surface area contributed by atoms with Crippen LogP contribution in [0.3, 0.4) is 0 Å². The molecule has 2 aliphatic heterocycles. The zero-order chi connectivity index (χ0) is 17.1. The molecule has 1 aromatic heterocycles. The lowest BCUT2D eigenvalue weighted by atomic mass is 9.87. The van der Waals surface area contributed by atoms with E-state index in [0.717, 1.165) is 37.9 Å². The molecule has 5 heteroatoms. The number of benzene rings is 1. The number of rotatable bonds is 3. The Balaban J connectivity index is 1.33. The zero-order valence-electron chi connectivity index (χ0n) is 14.1. The van der Waals surface area contributed by atoms with Crippen LogP contribution in [0.25, 0.3) is 0 Å². The van der Waals surface area contributed by atoms with Gasteiger partial charge in [0.15, 0.2) is 0 Å². The number of pyridine rings is 1. The minimum Gasteiger partial charge on any atom is -0.472 e. The summed E-state index contributed by atoms with van der Waals surface area (Å²) >= 11 is 0. The molecule has 5 nitrogen and oxygen atoms in total. The predicted molar refractivity (Wildman–Crippen MR) is 93.5 cm³/mol. The van der Waals surface area contributed by atoms with Gasteiger partial charge in [-0.25, -0.2) is 4.98 Å². The third-order valence-electron chi connectivity index (χ3n) is 5.08. The summed E-state index contributed by atoms with van der Waals surface area (Å²) < 4.78 is 12.0. The Morgan fingerprint density at radius 1 is 1.12 bits per heavy atom. The first-order valence-corrected chi connectivity index (χ1v) is 8.80. The first-order valence-electron chi connectivity index (χ1n) is 8.80. The first kappa shape index (κ1) is 16.1. The Morgan fingerprint density at radius 2 is 1.88 bits per heavy atom. The molecular weight excluding hydrogens is 316 g/mol. The molecule has 2 saturated heterocycles. The van der Waals surface area contributed by atoms with Gasteiger partial charge < -0.3 is 14.4 Å². The second kappa shape index (κ2) is 6.84. The molecule has 0 aliphatic carbocycles. The largest absolute Gasteiger partial charge is 0.472 e. The van der Waals surface area contributed by atoms with Crippen LogP contribution in [0.2, 0.25) is 0 Å². The van der Waals surface area contributed by atoms with Crippen LogP contribution in [0.5, 0.6) is 5.88 Å². The van der Waals surface area contributed by atoms with E-state index in [-0.39, 0.29) is 17.6 Å². The molecule has 0 N–H and O–H groups in total. The van der Waals surface area contributed by atoms with E-state index in [1.54, 1.807) is 6.20 Å². The first-order chi connectivity index (χ1) is 12.2. The molecule has 0 bridgehead atoms. The van der Waals surface area contributed by atoms with Crippen molar-refractivity contribution in [2.45, 2.75) is 31.0 Å². The van der Waals surface area contributed by atoms with Gasteiger partial charge in [-0.2, -0.15) is 0 Å². The molecule has 2 aromatic rings. The minimum absolute atomic E-state index is 0.0336. The van der Waals surface area contributed by atoms with Crippen LogP contribution in [0, 0.1) is 0 Å². The number of hydrogen-bond acceptors (Lipinski definition) is 4. The lowest BCUT2D eigenvalue weighted by Gasteiger charge is -2.38. The van der Waals surface area contributed by atoms with Crippen molar-refractivity contribution < 1.29 is 14.3 Å². The van der Waals surface area contributed by atoms with Crippen LogP contribution in [0.1, 0.15) is 29.6 Å². The van der Waals surface area contributed by atoms with E-state index < -0.39 is 0 Å². The average Bonchev–Trinajstić information content (AvgIpc) is 3.05. The van der Waals surface area contributed by atoms with Crippen molar-refractivity contribution in [1.82, 2.24) is 9.88 Å². The molecular formula is C20H22N2O3. The van der Waals surface area contributed by atoms with E-state index >= 15 is 0 Å². The van der Waals surface area contributed by atoms with Gasteiger partial charge in [0.1, 0.15) is 6.10 Å². The van der Waals surface area contributed by atoms with Crippen molar-refractivity contribution in [1.29, 1.82) is 0 Å². The zero-order valence-corrected chi connectivity index (χ0v) is 14.1. The summed E-state index contributed by atoms with van der Waals surface area (Å²) in [7, 11) is 0. The van der Waals surface area contributed by atoms with Gasteiger partial charge in [-0.05, 0) is 31.0 Å². The van der Waals surface area contributed by atoms with E-state index in [4.69, 9.17) is 9.47 Å². The van der Waals surface area contributed by atoms with Gasteiger partial charge in [0.25, 0.3) is 5.91 Å². The fourth-order valence-corrected chi connectivity index (χ4v) is 3.69. The minimum atomic E-state index is -0.160. The second-order valence-electron chi connectivity index (χ2n) is 6.76. The van der Waals surface area contributed by atoms with Crippen LogP contribution >= 0.6 is 0 Å². The molecule has 3 heterocycles. The highest BCUT2D eigenvalue weighted by molar-refractivity contribution is 5.94. The number of carbonyl (C=O) groups is 1. The van der Waals surface area contributed by atoms with Gasteiger partial charge in [0, 0.05) is 37.3 Å². The fraction of sp³-hybridized carbons (Fsp3) is 0.400. The van der Waals surface area contributed by atoms with E-state index in [0.29, 0.717) is 12.5 Å². The van der Waals surface area contributed by atoms with E-state index in [1.165, 1.54) is 0 Å². The van der Waals surface area contributed by atoms with Crippen LogP contribution in [0.4, 0.5) is 0 Å². The van der Waals surface area contributed by atoms with Gasteiger partial charge in [0.05, 0.1) is 12.2 Å². The van der Waals surface area contributed by atoms with Crippen LogP contribution in [-0.2, 0) is 4.74 Å². The lowest BCUT2D eigenvalue weighted by Crippen LogP contribution is -2.46. The van der Waals surface area contributed by atoms with Crippen molar-refractivity contribution in [3.8, 4) is 5.88 Å². The highest BCUT2D eigenvalue weighted by Crippen LogP contribution is 2.37. The Hall–Kier alpha value is -2.40.